The van der Waals surface area contributed by atoms with Gasteiger partial charge < -0.3 is 20.1 Å². The normalized spacial score (nSPS) is 19.8. The van der Waals surface area contributed by atoms with E-state index in [9.17, 15) is 0 Å². The van der Waals surface area contributed by atoms with Crippen LogP contribution in [-0.2, 0) is 22.6 Å². The van der Waals surface area contributed by atoms with E-state index in [1.807, 2.05) is 0 Å². The van der Waals surface area contributed by atoms with Crippen LogP contribution in [0.1, 0.15) is 11.1 Å². The molecule has 2 aliphatic rings. The summed E-state index contributed by atoms with van der Waals surface area (Å²) in [6.07, 6.45) is 0. The Balaban J connectivity index is 0.00000208. The Kier molecular flexibility index (Phi) is 8.23. The van der Waals surface area contributed by atoms with Crippen molar-refractivity contribution in [2.24, 2.45) is 10.7 Å². The summed E-state index contributed by atoms with van der Waals surface area (Å²) < 4.78 is 10.7. The summed E-state index contributed by atoms with van der Waals surface area (Å²) in [6.45, 7) is 8.38. The largest absolute Gasteiger partial charge is 0.379 e. The summed E-state index contributed by atoms with van der Waals surface area (Å²) in [5, 5.41) is 0. The lowest BCUT2D eigenvalue weighted by molar-refractivity contribution is 0.0342. The summed E-state index contributed by atoms with van der Waals surface area (Å²) in [5.74, 6) is 0.617. The van der Waals surface area contributed by atoms with Gasteiger partial charge >= 0.3 is 0 Å². The van der Waals surface area contributed by atoms with Gasteiger partial charge in [-0.15, -0.1) is 24.0 Å². The fraction of sp³-hybridized carbons (Fsp3) is 0.588. The minimum atomic E-state index is 0. The van der Waals surface area contributed by atoms with Gasteiger partial charge in [0.1, 0.15) is 0 Å². The molecule has 2 fully saturated rings. The zero-order valence-corrected chi connectivity index (χ0v) is 16.4. The number of nitrogens with two attached hydrogens (primary N) is 1. The monoisotopic (exact) mass is 446 g/mol. The van der Waals surface area contributed by atoms with Crippen molar-refractivity contribution >= 4 is 29.9 Å². The van der Waals surface area contributed by atoms with E-state index in [0.717, 1.165) is 59.2 Å². The number of rotatable bonds is 4. The number of morpholine rings is 2. The Bertz CT molecular complexity index is 529. The average Bonchev–Trinajstić information content (AvgIpc) is 2.62. The van der Waals surface area contributed by atoms with Crippen LogP contribution in [0.2, 0.25) is 0 Å². The second kappa shape index (κ2) is 10.2. The maximum absolute atomic E-state index is 6.08. The summed E-state index contributed by atoms with van der Waals surface area (Å²) in [4.78, 5) is 9.05. The summed E-state index contributed by atoms with van der Waals surface area (Å²) in [6, 6.07) is 8.62. The smallest absolute Gasteiger partial charge is 0.191 e. The first-order chi connectivity index (χ1) is 11.3. The minimum Gasteiger partial charge on any atom is -0.379 e. The first-order valence-electron chi connectivity index (χ1n) is 8.32. The molecule has 0 atom stereocenters. The molecule has 2 aliphatic heterocycles. The molecule has 0 aromatic heterocycles. The first-order valence-corrected chi connectivity index (χ1v) is 8.32. The molecule has 24 heavy (non-hydrogen) atoms. The molecule has 2 saturated heterocycles. The molecule has 2 heterocycles. The summed E-state index contributed by atoms with van der Waals surface area (Å²) >= 11 is 0. The van der Waals surface area contributed by atoms with Crippen LogP contribution < -0.4 is 5.73 Å². The number of hydrogen-bond acceptors (Lipinski definition) is 4. The third kappa shape index (κ3) is 5.87. The second-order valence-electron chi connectivity index (χ2n) is 5.98. The number of guanidine groups is 1. The van der Waals surface area contributed by atoms with Gasteiger partial charge in [-0.25, -0.2) is 4.99 Å². The number of aliphatic imine (C=N–C) groups is 1. The molecule has 0 unspecified atom stereocenters. The van der Waals surface area contributed by atoms with Crippen LogP contribution in [0.4, 0.5) is 0 Å². The molecule has 0 radical (unpaired) electrons. The summed E-state index contributed by atoms with van der Waals surface area (Å²) in [7, 11) is 0. The molecule has 3 rings (SSSR count). The van der Waals surface area contributed by atoms with Crippen LogP contribution >= 0.6 is 24.0 Å². The number of hydrogen-bond donors (Lipinski definition) is 1. The Morgan fingerprint density at radius 3 is 2.33 bits per heavy atom. The van der Waals surface area contributed by atoms with Gasteiger partial charge in [-0.2, -0.15) is 0 Å². The number of halogens is 1. The van der Waals surface area contributed by atoms with Crippen molar-refractivity contribution in [3.05, 3.63) is 35.4 Å². The molecule has 134 valence electrons. The number of ether oxygens (including phenoxy) is 2. The zero-order valence-electron chi connectivity index (χ0n) is 14.0. The van der Waals surface area contributed by atoms with Gasteiger partial charge in [0, 0.05) is 32.7 Å². The minimum absolute atomic E-state index is 0. The molecule has 0 bridgehead atoms. The van der Waals surface area contributed by atoms with Crippen LogP contribution in [0.15, 0.2) is 29.3 Å². The van der Waals surface area contributed by atoms with E-state index in [-0.39, 0.29) is 24.0 Å². The van der Waals surface area contributed by atoms with Crippen molar-refractivity contribution in [2.75, 3.05) is 52.6 Å². The standard InChI is InChI=1S/C17H26N4O2.HI/c18-17(21-6-10-23-11-7-21)19-13-15-2-1-3-16(12-15)14-20-4-8-22-9-5-20;/h1-3,12H,4-11,13-14H2,(H2,18,19);1H. The molecule has 6 nitrogen and oxygen atoms in total. The highest BCUT2D eigenvalue weighted by Gasteiger charge is 2.12. The molecule has 0 saturated carbocycles. The topological polar surface area (TPSA) is 63.3 Å². The van der Waals surface area contributed by atoms with E-state index >= 15 is 0 Å². The fourth-order valence-corrected chi connectivity index (χ4v) is 2.91. The molecule has 1 aromatic rings. The van der Waals surface area contributed by atoms with E-state index < -0.39 is 0 Å². The maximum Gasteiger partial charge on any atom is 0.191 e. The Morgan fingerprint density at radius 2 is 1.62 bits per heavy atom. The fourth-order valence-electron chi connectivity index (χ4n) is 2.91. The Morgan fingerprint density at radius 1 is 1.00 bits per heavy atom. The highest BCUT2D eigenvalue weighted by molar-refractivity contribution is 14.0. The zero-order chi connectivity index (χ0) is 15.9. The van der Waals surface area contributed by atoms with Gasteiger partial charge in [0.25, 0.3) is 0 Å². The summed E-state index contributed by atoms with van der Waals surface area (Å²) in [5.41, 5.74) is 8.61. The molecule has 0 amide bonds. The first kappa shape index (κ1) is 19.4. The van der Waals surface area contributed by atoms with E-state index in [0.29, 0.717) is 12.5 Å². The van der Waals surface area contributed by atoms with Gasteiger partial charge in [-0.05, 0) is 11.1 Å². The van der Waals surface area contributed by atoms with Gasteiger partial charge in [0.05, 0.1) is 33.0 Å². The molecular weight excluding hydrogens is 419 g/mol. The molecule has 7 heteroatoms. The predicted molar refractivity (Wildman–Crippen MR) is 106 cm³/mol. The van der Waals surface area contributed by atoms with E-state index in [1.165, 1.54) is 11.1 Å². The molecule has 1 aromatic carbocycles. The molecule has 0 spiro atoms. The average molecular weight is 446 g/mol. The lowest BCUT2D eigenvalue weighted by Gasteiger charge is -2.27. The van der Waals surface area contributed by atoms with Crippen molar-refractivity contribution in [1.82, 2.24) is 9.80 Å². The second-order valence-corrected chi connectivity index (χ2v) is 5.98. The lowest BCUT2D eigenvalue weighted by atomic mass is 10.1. The van der Waals surface area contributed by atoms with Crippen LogP contribution in [0.25, 0.3) is 0 Å². The third-order valence-electron chi connectivity index (χ3n) is 4.26. The van der Waals surface area contributed by atoms with Crippen molar-refractivity contribution < 1.29 is 9.47 Å². The van der Waals surface area contributed by atoms with E-state index in [2.05, 4.69) is 39.1 Å². The highest BCUT2D eigenvalue weighted by atomic mass is 127. The SMILES string of the molecule is I.NC(=NCc1cccc(CN2CCOCC2)c1)N1CCOCC1. The van der Waals surface area contributed by atoms with E-state index in [4.69, 9.17) is 15.2 Å². The predicted octanol–water partition coefficient (Wildman–Crippen LogP) is 1.28. The van der Waals surface area contributed by atoms with Gasteiger partial charge in [0.2, 0.25) is 0 Å². The maximum atomic E-state index is 6.08. The van der Waals surface area contributed by atoms with Crippen LogP contribution in [0, 0.1) is 0 Å². The van der Waals surface area contributed by atoms with Crippen LogP contribution in [0.3, 0.4) is 0 Å². The lowest BCUT2D eigenvalue weighted by Crippen LogP contribution is -2.44. The molecule has 2 N–H and O–H groups in total. The van der Waals surface area contributed by atoms with Gasteiger partial charge in [0.15, 0.2) is 5.96 Å². The van der Waals surface area contributed by atoms with Gasteiger partial charge in [-0.3, -0.25) is 4.90 Å². The van der Waals surface area contributed by atoms with E-state index in [1.54, 1.807) is 0 Å². The Hall–Kier alpha value is -0.900. The third-order valence-corrected chi connectivity index (χ3v) is 4.26. The highest BCUT2D eigenvalue weighted by Crippen LogP contribution is 2.11. The van der Waals surface area contributed by atoms with Crippen molar-refractivity contribution in [3.63, 3.8) is 0 Å². The molecular formula is C17H27IN4O2. The Labute approximate surface area is 161 Å². The van der Waals surface area contributed by atoms with Crippen molar-refractivity contribution in [2.45, 2.75) is 13.1 Å². The van der Waals surface area contributed by atoms with Crippen LogP contribution in [-0.4, -0.2) is 68.4 Å². The van der Waals surface area contributed by atoms with Crippen LogP contribution in [0.5, 0.6) is 0 Å². The molecule has 0 aliphatic carbocycles. The van der Waals surface area contributed by atoms with Crippen molar-refractivity contribution in [3.8, 4) is 0 Å². The van der Waals surface area contributed by atoms with Crippen molar-refractivity contribution in [1.29, 1.82) is 0 Å². The number of nitrogens with zero attached hydrogens (tertiary/aromatic N) is 3. The number of benzene rings is 1. The van der Waals surface area contributed by atoms with Gasteiger partial charge in [-0.1, -0.05) is 24.3 Å². The quantitative estimate of drug-likeness (QED) is 0.429.